The van der Waals surface area contributed by atoms with Crippen molar-refractivity contribution in [3.05, 3.63) is 34.7 Å². The zero-order valence-corrected chi connectivity index (χ0v) is 15.9. The highest BCUT2D eigenvalue weighted by molar-refractivity contribution is 8.76. The molecule has 1 heterocycles. The number of nitrogens with zero attached hydrogens (tertiary/aromatic N) is 4. The molecule has 0 bridgehead atoms. The quantitative estimate of drug-likeness (QED) is 0.123. The van der Waals surface area contributed by atoms with Crippen LogP contribution in [0.4, 0.5) is 5.69 Å². The van der Waals surface area contributed by atoms with Gasteiger partial charge in [0.05, 0.1) is 12.8 Å². The van der Waals surface area contributed by atoms with Crippen LogP contribution in [-0.4, -0.2) is 46.8 Å². The first-order valence-electron chi connectivity index (χ1n) is 7.21. The summed E-state index contributed by atoms with van der Waals surface area (Å²) in [5, 5.41) is 1.57. The minimum atomic E-state index is -4.75. The van der Waals surface area contributed by atoms with E-state index in [1.165, 1.54) is 21.6 Å². The number of amides is 2. The van der Waals surface area contributed by atoms with Crippen LogP contribution in [0.3, 0.4) is 0 Å². The Bertz CT molecular complexity index is 897. The van der Waals surface area contributed by atoms with Gasteiger partial charge in [0, 0.05) is 21.2 Å². The van der Waals surface area contributed by atoms with E-state index in [1.54, 1.807) is 24.3 Å². The summed E-state index contributed by atoms with van der Waals surface area (Å²) in [6, 6.07) is 6.73. The topological polar surface area (TPSA) is 167 Å². The molecular formula is C13H12N4O7S3. The predicted octanol–water partition coefficient (Wildman–Crippen LogP) is 2.23. The van der Waals surface area contributed by atoms with Crippen LogP contribution >= 0.6 is 21.6 Å². The zero-order chi connectivity index (χ0) is 20.0. The van der Waals surface area contributed by atoms with E-state index in [4.69, 9.17) is 10.1 Å². The Balaban J connectivity index is 1.77. The third-order valence-electron chi connectivity index (χ3n) is 3.16. The molecule has 1 aromatic rings. The molecule has 2 amide bonds. The minimum Gasteiger partial charge on any atom is -0.330 e. The van der Waals surface area contributed by atoms with Gasteiger partial charge in [0.2, 0.25) is 0 Å². The van der Waals surface area contributed by atoms with Gasteiger partial charge < -0.3 is 4.84 Å². The van der Waals surface area contributed by atoms with E-state index in [0.29, 0.717) is 11.4 Å². The Morgan fingerprint density at radius 3 is 2.59 bits per heavy atom. The van der Waals surface area contributed by atoms with Crippen LogP contribution in [0.1, 0.15) is 12.8 Å². The molecule has 1 unspecified atom stereocenters. The molecule has 0 radical (unpaired) electrons. The van der Waals surface area contributed by atoms with Crippen LogP contribution in [0.5, 0.6) is 0 Å². The highest BCUT2D eigenvalue weighted by atomic mass is 33.1. The van der Waals surface area contributed by atoms with E-state index in [2.05, 4.69) is 14.9 Å². The van der Waals surface area contributed by atoms with Gasteiger partial charge in [0.15, 0.2) is 5.25 Å². The maximum absolute atomic E-state index is 11.7. The number of imide groups is 1. The molecule has 0 saturated carbocycles. The first-order chi connectivity index (χ1) is 12.7. The van der Waals surface area contributed by atoms with Crippen LogP contribution in [0.2, 0.25) is 0 Å². The average molecular weight is 432 g/mol. The SMILES string of the molecule is [N-]=[N+]=Nc1ccc(SSCCC(=O)ON2C(=O)CC(S(=O)(=O)O)C2=O)cc1. The minimum absolute atomic E-state index is 0.0764. The normalized spacial score (nSPS) is 16.9. The Labute approximate surface area is 161 Å². The molecule has 0 aromatic heterocycles. The number of hydrogen-bond acceptors (Lipinski definition) is 9. The second-order valence-electron chi connectivity index (χ2n) is 5.04. The average Bonchev–Trinajstić information content (AvgIpc) is 2.89. The summed E-state index contributed by atoms with van der Waals surface area (Å²) in [5.74, 6) is -2.91. The maximum atomic E-state index is 11.7. The van der Waals surface area contributed by atoms with E-state index >= 15 is 0 Å². The summed E-state index contributed by atoms with van der Waals surface area (Å²) in [4.78, 5) is 43.2. The molecule has 0 spiro atoms. The Morgan fingerprint density at radius 2 is 2.04 bits per heavy atom. The molecule has 1 aliphatic rings. The number of benzene rings is 1. The molecule has 1 fully saturated rings. The van der Waals surface area contributed by atoms with Crippen molar-refractivity contribution in [2.75, 3.05) is 5.75 Å². The molecule has 1 aromatic carbocycles. The van der Waals surface area contributed by atoms with Crippen molar-refractivity contribution in [1.29, 1.82) is 0 Å². The smallest absolute Gasteiger partial charge is 0.330 e. The summed E-state index contributed by atoms with van der Waals surface area (Å²) < 4.78 is 30.9. The summed E-state index contributed by atoms with van der Waals surface area (Å²) >= 11 is 0. The lowest BCUT2D eigenvalue weighted by Crippen LogP contribution is -2.36. The standard InChI is InChI=1S/C13H12N4O7S3/c14-16-15-8-1-3-9(4-2-8)26-25-6-5-12(19)24-17-11(18)7-10(13(17)20)27(21,22)23/h1-4,10H,5-7H2,(H,21,22,23). The highest BCUT2D eigenvalue weighted by Crippen LogP contribution is 2.32. The largest absolute Gasteiger partial charge is 0.334 e. The molecule has 1 aliphatic heterocycles. The van der Waals surface area contributed by atoms with Crippen molar-refractivity contribution < 1.29 is 32.2 Å². The molecule has 0 aliphatic carbocycles. The second kappa shape index (κ2) is 9.10. The summed E-state index contributed by atoms with van der Waals surface area (Å²) in [7, 11) is -2.09. The summed E-state index contributed by atoms with van der Waals surface area (Å²) in [6.07, 6.45) is -0.913. The van der Waals surface area contributed by atoms with Gasteiger partial charge in [-0.3, -0.25) is 14.1 Å². The summed E-state index contributed by atoms with van der Waals surface area (Å²) in [5.41, 5.74) is 8.79. The van der Waals surface area contributed by atoms with Gasteiger partial charge in [-0.1, -0.05) is 38.8 Å². The lowest BCUT2D eigenvalue weighted by Gasteiger charge is -2.13. The van der Waals surface area contributed by atoms with Crippen LogP contribution in [0.15, 0.2) is 34.3 Å². The second-order valence-corrected chi connectivity index (χ2v) is 9.12. The van der Waals surface area contributed by atoms with E-state index < -0.39 is 39.6 Å². The van der Waals surface area contributed by atoms with Crippen LogP contribution in [0.25, 0.3) is 10.4 Å². The zero-order valence-electron chi connectivity index (χ0n) is 13.4. The van der Waals surface area contributed by atoms with Crippen molar-refractivity contribution in [2.24, 2.45) is 5.11 Å². The fourth-order valence-electron chi connectivity index (χ4n) is 1.91. The molecule has 27 heavy (non-hydrogen) atoms. The van der Waals surface area contributed by atoms with Crippen LogP contribution in [-0.2, 0) is 29.3 Å². The van der Waals surface area contributed by atoms with Crippen molar-refractivity contribution in [1.82, 2.24) is 5.06 Å². The number of carbonyl (C=O) groups is 3. The van der Waals surface area contributed by atoms with Crippen molar-refractivity contribution in [3.8, 4) is 0 Å². The summed E-state index contributed by atoms with van der Waals surface area (Å²) in [6.45, 7) is 0. The lowest BCUT2D eigenvalue weighted by molar-refractivity contribution is -0.197. The van der Waals surface area contributed by atoms with Gasteiger partial charge in [0.1, 0.15) is 0 Å². The molecule has 1 saturated heterocycles. The number of hydroxylamine groups is 2. The monoisotopic (exact) mass is 432 g/mol. The van der Waals surface area contributed by atoms with Gasteiger partial charge in [-0.2, -0.15) is 8.42 Å². The first kappa shape index (κ1) is 21.1. The Morgan fingerprint density at radius 1 is 1.37 bits per heavy atom. The molecular weight excluding hydrogens is 420 g/mol. The maximum Gasteiger partial charge on any atom is 0.334 e. The van der Waals surface area contributed by atoms with Gasteiger partial charge in [0.25, 0.3) is 21.9 Å². The number of hydrogen-bond donors (Lipinski definition) is 1. The van der Waals surface area contributed by atoms with Gasteiger partial charge in [-0.15, -0.1) is 5.06 Å². The molecule has 14 heteroatoms. The number of rotatable bonds is 8. The van der Waals surface area contributed by atoms with E-state index in [9.17, 15) is 22.8 Å². The van der Waals surface area contributed by atoms with Gasteiger partial charge in [-0.25, -0.2) is 4.79 Å². The highest BCUT2D eigenvalue weighted by Gasteiger charge is 2.48. The Hall–Kier alpha value is -2.25. The molecule has 11 nitrogen and oxygen atoms in total. The Kier molecular flexibility index (Phi) is 7.10. The van der Waals surface area contributed by atoms with Gasteiger partial charge in [-0.05, 0) is 17.7 Å². The number of azide groups is 1. The lowest BCUT2D eigenvalue weighted by atomic mass is 10.3. The van der Waals surface area contributed by atoms with Crippen LogP contribution < -0.4 is 0 Å². The number of carbonyl (C=O) groups excluding carboxylic acids is 3. The van der Waals surface area contributed by atoms with Crippen molar-refractivity contribution >= 4 is 55.2 Å². The van der Waals surface area contributed by atoms with E-state index in [-0.39, 0.29) is 11.5 Å². The molecule has 144 valence electrons. The van der Waals surface area contributed by atoms with Crippen molar-refractivity contribution in [3.63, 3.8) is 0 Å². The fraction of sp³-hybridized carbons (Fsp3) is 0.308. The van der Waals surface area contributed by atoms with Crippen LogP contribution in [0, 0.1) is 0 Å². The van der Waals surface area contributed by atoms with Gasteiger partial charge >= 0.3 is 5.97 Å². The van der Waals surface area contributed by atoms with E-state index in [1.807, 2.05) is 0 Å². The molecule has 2 rings (SSSR count). The predicted molar refractivity (Wildman–Crippen MR) is 96.1 cm³/mol. The third kappa shape index (κ3) is 5.87. The van der Waals surface area contributed by atoms with Crippen molar-refractivity contribution in [2.45, 2.75) is 23.0 Å². The first-order valence-corrected chi connectivity index (χ1v) is 11.0. The fourth-order valence-corrected chi connectivity index (χ4v) is 4.58. The van der Waals surface area contributed by atoms with E-state index in [0.717, 1.165) is 4.90 Å². The molecule has 1 N–H and O–H groups in total. The third-order valence-corrected chi connectivity index (χ3v) is 6.63. The molecule has 1 atom stereocenters.